The molecule has 0 unspecified atom stereocenters. The number of halogens is 1. The second-order valence-corrected chi connectivity index (χ2v) is 4.36. The lowest BCUT2D eigenvalue weighted by Gasteiger charge is -2.07. The van der Waals surface area contributed by atoms with Crippen LogP contribution in [0, 0.1) is 0 Å². The Hall–Kier alpha value is -2.08. The molecule has 0 aliphatic rings. The van der Waals surface area contributed by atoms with Crippen LogP contribution in [0.25, 0.3) is 0 Å². The molecule has 7 heteroatoms. The Morgan fingerprint density at radius 2 is 1.50 bits per heavy atom. The Balaban J connectivity index is 2.32. The molecular weight excluding hydrogens is 282 g/mol. The Kier molecular flexibility index (Phi) is 6.52. The first-order valence-corrected chi connectivity index (χ1v) is 6.48. The lowest BCUT2D eigenvalue weighted by Crippen LogP contribution is -2.41. The highest BCUT2D eigenvalue weighted by molar-refractivity contribution is 6.30. The number of carbonyl (C=O) groups excluding carboxylic acids is 3. The highest BCUT2D eigenvalue weighted by atomic mass is 35.5. The minimum Gasteiger partial charge on any atom is -0.355 e. The number of likely N-dealkylation sites (N-methyl/N-ethyl adjacent to an activating group) is 1. The smallest absolute Gasteiger partial charge is 0.251 e. The SMILES string of the molecule is CCNC(=O)CNC(=O)CNC(=O)c1ccc(Cl)cc1. The molecule has 1 rings (SSSR count). The summed E-state index contributed by atoms with van der Waals surface area (Å²) in [6.07, 6.45) is 0. The number of benzene rings is 1. The normalized spacial score (nSPS) is 9.70. The van der Waals surface area contributed by atoms with Crippen molar-refractivity contribution in [1.29, 1.82) is 0 Å². The number of carbonyl (C=O) groups is 3. The maximum Gasteiger partial charge on any atom is 0.251 e. The van der Waals surface area contributed by atoms with Crippen LogP contribution in [0.15, 0.2) is 24.3 Å². The fourth-order valence-corrected chi connectivity index (χ4v) is 1.49. The molecule has 0 aliphatic heterocycles. The van der Waals surface area contributed by atoms with E-state index in [-0.39, 0.29) is 24.9 Å². The van der Waals surface area contributed by atoms with E-state index < -0.39 is 5.91 Å². The zero-order valence-corrected chi connectivity index (χ0v) is 11.8. The van der Waals surface area contributed by atoms with Gasteiger partial charge in [-0.3, -0.25) is 14.4 Å². The van der Waals surface area contributed by atoms with Crippen molar-refractivity contribution >= 4 is 29.3 Å². The molecule has 20 heavy (non-hydrogen) atoms. The molecule has 0 bridgehead atoms. The van der Waals surface area contributed by atoms with Gasteiger partial charge < -0.3 is 16.0 Å². The van der Waals surface area contributed by atoms with Crippen molar-refractivity contribution < 1.29 is 14.4 Å². The quantitative estimate of drug-likeness (QED) is 0.707. The van der Waals surface area contributed by atoms with Gasteiger partial charge in [0.05, 0.1) is 13.1 Å². The predicted octanol–water partition coefficient (Wildman–Crippen LogP) is 0.322. The standard InChI is InChI=1S/C13H16ClN3O3/c1-2-15-11(18)7-16-12(19)8-17-13(20)9-3-5-10(14)6-4-9/h3-6H,2,7-8H2,1H3,(H,15,18)(H,16,19)(H,17,20). The zero-order valence-electron chi connectivity index (χ0n) is 11.0. The van der Waals surface area contributed by atoms with Crippen LogP contribution in [0.2, 0.25) is 5.02 Å². The molecule has 3 amide bonds. The minimum atomic E-state index is -0.432. The summed E-state index contributed by atoms with van der Waals surface area (Å²) < 4.78 is 0. The Labute approximate surface area is 121 Å². The van der Waals surface area contributed by atoms with E-state index in [4.69, 9.17) is 11.6 Å². The molecule has 1 aromatic carbocycles. The molecule has 0 aliphatic carbocycles. The summed E-state index contributed by atoms with van der Waals surface area (Å²) in [6.45, 7) is 1.98. The van der Waals surface area contributed by atoms with Crippen molar-refractivity contribution in [2.24, 2.45) is 0 Å². The van der Waals surface area contributed by atoms with Crippen molar-refractivity contribution in [1.82, 2.24) is 16.0 Å². The van der Waals surface area contributed by atoms with Crippen molar-refractivity contribution in [3.8, 4) is 0 Å². The minimum absolute atomic E-state index is 0.108. The Bertz CT molecular complexity index is 488. The van der Waals surface area contributed by atoms with Crippen molar-refractivity contribution in [3.63, 3.8) is 0 Å². The van der Waals surface area contributed by atoms with Gasteiger partial charge in [0.2, 0.25) is 11.8 Å². The van der Waals surface area contributed by atoms with E-state index in [0.29, 0.717) is 17.1 Å². The summed E-state index contributed by atoms with van der Waals surface area (Å²) in [6, 6.07) is 6.30. The molecule has 0 radical (unpaired) electrons. The largest absolute Gasteiger partial charge is 0.355 e. The average molecular weight is 298 g/mol. The van der Waals surface area contributed by atoms with E-state index in [0.717, 1.165) is 0 Å². The second kappa shape index (κ2) is 8.16. The predicted molar refractivity (Wildman–Crippen MR) is 75.5 cm³/mol. The molecule has 0 fully saturated rings. The molecule has 0 atom stereocenters. The fourth-order valence-electron chi connectivity index (χ4n) is 1.36. The van der Waals surface area contributed by atoms with Crippen molar-refractivity contribution in [2.75, 3.05) is 19.6 Å². The van der Waals surface area contributed by atoms with E-state index in [1.807, 2.05) is 0 Å². The van der Waals surface area contributed by atoms with E-state index >= 15 is 0 Å². The zero-order chi connectivity index (χ0) is 15.0. The van der Waals surface area contributed by atoms with Crippen molar-refractivity contribution in [2.45, 2.75) is 6.92 Å². The molecule has 6 nitrogen and oxygen atoms in total. The summed E-state index contributed by atoms with van der Waals surface area (Å²) in [4.78, 5) is 34.2. The van der Waals surface area contributed by atoms with Gasteiger partial charge in [-0.25, -0.2) is 0 Å². The average Bonchev–Trinajstić information content (AvgIpc) is 2.43. The molecule has 3 N–H and O–H groups in total. The van der Waals surface area contributed by atoms with Crippen LogP contribution in [0.1, 0.15) is 17.3 Å². The molecule has 0 heterocycles. The topological polar surface area (TPSA) is 87.3 Å². The van der Waals surface area contributed by atoms with Gasteiger partial charge in [-0.1, -0.05) is 11.6 Å². The third-order valence-corrected chi connectivity index (χ3v) is 2.59. The van der Waals surface area contributed by atoms with Crippen LogP contribution in [-0.4, -0.2) is 37.4 Å². The van der Waals surface area contributed by atoms with Crippen LogP contribution in [0.4, 0.5) is 0 Å². The van der Waals surface area contributed by atoms with Crippen LogP contribution >= 0.6 is 11.6 Å². The van der Waals surface area contributed by atoms with Gasteiger partial charge in [0.15, 0.2) is 0 Å². The van der Waals surface area contributed by atoms with Crippen LogP contribution < -0.4 is 16.0 Å². The molecule has 0 saturated heterocycles. The second-order valence-electron chi connectivity index (χ2n) is 3.92. The van der Waals surface area contributed by atoms with Crippen molar-refractivity contribution in [3.05, 3.63) is 34.9 Å². The fraction of sp³-hybridized carbons (Fsp3) is 0.308. The highest BCUT2D eigenvalue weighted by Gasteiger charge is 2.08. The summed E-state index contributed by atoms with van der Waals surface area (Å²) in [5.74, 6) is -1.08. The number of hydrogen-bond donors (Lipinski definition) is 3. The summed E-state index contributed by atoms with van der Waals surface area (Å²) in [5.41, 5.74) is 0.408. The Morgan fingerprint density at radius 1 is 0.950 bits per heavy atom. The Morgan fingerprint density at radius 3 is 2.10 bits per heavy atom. The van der Waals surface area contributed by atoms with Gasteiger partial charge in [-0.05, 0) is 31.2 Å². The van der Waals surface area contributed by atoms with Crippen LogP contribution in [0.3, 0.4) is 0 Å². The summed E-state index contributed by atoms with van der Waals surface area (Å²) in [7, 11) is 0. The molecule has 0 saturated carbocycles. The van der Waals surface area contributed by atoms with Gasteiger partial charge in [-0.2, -0.15) is 0 Å². The molecule has 1 aromatic rings. The maximum atomic E-state index is 11.7. The summed E-state index contributed by atoms with van der Waals surface area (Å²) >= 11 is 5.71. The van der Waals surface area contributed by atoms with Gasteiger partial charge in [0.25, 0.3) is 5.91 Å². The van der Waals surface area contributed by atoms with Gasteiger partial charge in [0.1, 0.15) is 0 Å². The van der Waals surface area contributed by atoms with Crippen LogP contribution in [0.5, 0.6) is 0 Å². The van der Waals surface area contributed by atoms with E-state index in [9.17, 15) is 14.4 Å². The molecule has 108 valence electrons. The van der Waals surface area contributed by atoms with Crippen LogP contribution in [-0.2, 0) is 9.59 Å². The number of hydrogen-bond acceptors (Lipinski definition) is 3. The first kappa shape index (κ1) is 16.0. The third-order valence-electron chi connectivity index (χ3n) is 2.34. The first-order chi connectivity index (χ1) is 9.52. The number of rotatable bonds is 6. The lowest BCUT2D eigenvalue weighted by atomic mass is 10.2. The summed E-state index contributed by atoms with van der Waals surface area (Å²) in [5, 5.41) is 7.92. The third kappa shape index (κ3) is 5.71. The first-order valence-electron chi connectivity index (χ1n) is 6.10. The van der Waals surface area contributed by atoms with Gasteiger partial charge in [0, 0.05) is 17.1 Å². The molecule has 0 aromatic heterocycles. The van der Waals surface area contributed by atoms with E-state index in [1.54, 1.807) is 31.2 Å². The molecule has 0 spiro atoms. The maximum absolute atomic E-state index is 11.7. The molecular formula is C13H16ClN3O3. The number of amides is 3. The number of nitrogens with one attached hydrogen (secondary N) is 3. The monoisotopic (exact) mass is 297 g/mol. The highest BCUT2D eigenvalue weighted by Crippen LogP contribution is 2.08. The van der Waals surface area contributed by atoms with Gasteiger partial charge in [-0.15, -0.1) is 0 Å². The van der Waals surface area contributed by atoms with E-state index in [1.165, 1.54) is 0 Å². The van der Waals surface area contributed by atoms with E-state index in [2.05, 4.69) is 16.0 Å². The lowest BCUT2D eigenvalue weighted by molar-refractivity contribution is -0.125. The van der Waals surface area contributed by atoms with Gasteiger partial charge >= 0.3 is 0 Å².